The monoisotopic (exact) mass is 289 g/mol. The van der Waals surface area contributed by atoms with Gasteiger partial charge in [-0.15, -0.1) is 0 Å². The van der Waals surface area contributed by atoms with Gasteiger partial charge in [0.15, 0.2) is 0 Å². The summed E-state index contributed by atoms with van der Waals surface area (Å²) in [7, 11) is 0. The van der Waals surface area contributed by atoms with Gasteiger partial charge in [0.2, 0.25) is 0 Å². The molecule has 3 heteroatoms. The average Bonchev–Trinajstić information content (AvgIpc) is 2.68. The normalized spacial score (nSPS) is 27.1. The van der Waals surface area contributed by atoms with E-state index in [1.807, 2.05) is 0 Å². The highest BCUT2D eigenvalue weighted by Crippen LogP contribution is 2.42. The Bertz CT molecular complexity index is 587. The van der Waals surface area contributed by atoms with Crippen molar-refractivity contribution in [3.8, 4) is 0 Å². The van der Waals surface area contributed by atoms with E-state index in [1.54, 1.807) is 0 Å². The summed E-state index contributed by atoms with van der Waals surface area (Å²) in [6, 6.07) is 7.24. The SMILES string of the molecule is Brc1[nH]c2cccc3c2c1C[C@H]1NC[CH]CC31. The number of hydrogen-bond acceptors (Lipinski definition) is 1. The molecule has 1 aromatic carbocycles. The molecule has 1 saturated heterocycles. The number of nitrogens with one attached hydrogen (secondary N) is 2. The summed E-state index contributed by atoms with van der Waals surface area (Å²) in [4.78, 5) is 3.45. The summed E-state index contributed by atoms with van der Waals surface area (Å²) >= 11 is 3.66. The van der Waals surface area contributed by atoms with Crippen molar-refractivity contribution >= 4 is 26.8 Å². The third-order valence-electron chi connectivity index (χ3n) is 4.16. The summed E-state index contributed by atoms with van der Waals surface area (Å²) < 4.78 is 1.16. The van der Waals surface area contributed by atoms with Crippen LogP contribution in [0.15, 0.2) is 22.8 Å². The van der Waals surface area contributed by atoms with Gasteiger partial charge in [-0.1, -0.05) is 12.1 Å². The van der Waals surface area contributed by atoms with Gasteiger partial charge in [0.05, 0.1) is 4.60 Å². The van der Waals surface area contributed by atoms with Gasteiger partial charge in [0.1, 0.15) is 0 Å². The molecule has 2 aromatic rings. The summed E-state index contributed by atoms with van der Waals surface area (Å²) in [6.45, 7) is 1.05. The molecule has 2 heterocycles. The van der Waals surface area contributed by atoms with Gasteiger partial charge >= 0.3 is 0 Å². The van der Waals surface area contributed by atoms with Crippen LogP contribution in [-0.4, -0.2) is 17.6 Å². The highest BCUT2D eigenvalue weighted by Gasteiger charge is 2.33. The van der Waals surface area contributed by atoms with Gasteiger partial charge in [0.25, 0.3) is 0 Å². The lowest BCUT2D eigenvalue weighted by Crippen LogP contribution is -2.43. The van der Waals surface area contributed by atoms with Gasteiger partial charge in [-0.2, -0.15) is 0 Å². The number of piperidine rings is 1. The zero-order chi connectivity index (χ0) is 11.4. The average molecular weight is 290 g/mol. The fourth-order valence-corrected chi connectivity index (χ4v) is 3.97. The minimum Gasteiger partial charge on any atom is -0.349 e. The van der Waals surface area contributed by atoms with Gasteiger partial charge in [-0.25, -0.2) is 0 Å². The Labute approximate surface area is 109 Å². The molecule has 2 aliphatic rings. The van der Waals surface area contributed by atoms with E-state index < -0.39 is 0 Å². The number of aromatic nitrogens is 1. The Morgan fingerprint density at radius 1 is 1.29 bits per heavy atom. The minimum atomic E-state index is 0.602. The van der Waals surface area contributed by atoms with Crippen LogP contribution in [0.5, 0.6) is 0 Å². The van der Waals surface area contributed by atoms with Crippen LogP contribution < -0.4 is 5.32 Å². The third kappa shape index (κ3) is 1.36. The fraction of sp³-hybridized carbons (Fsp3) is 0.357. The topological polar surface area (TPSA) is 27.8 Å². The van der Waals surface area contributed by atoms with Crippen molar-refractivity contribution in [3.63, 3.8) is 0 Å². The first-order valence-electron chi connectivity index (χ1n) is 6.18. The zero-order valence-electron chi connectivity index (χ0n) is 9.46. The maximum Gasteiger partial charge on any atom is 0.0864 e. The Morgan fingerprint density at radius 2 is 2.24 bits per heavy atom. The Kier molecular flexibility index (Phi) is 2.15. The van der Waals surface area contributed by atoms with E-state index in [9.17, 15) is 0 Å². The fourth-order valence-electron chi connectivity index (χ4n) is 3.40. The molecule has 0 spiro atoms. The van der Waals surface area contributed by atoms with Crippen molar-refractivity contribution in [1.82, 2.24) is 10.3 Å². The van der Waals surface area contributed by atoms with E-state index in [2.05, 4.69) is 50.9 Å². The summed E-state index contributed by atoms with van der Waals surface area (Å²) in [5.74, 6) is 0.655. The van der Waals surface area contributed by atoms with Crippen molar-refractivity contribution in [2.45, 2.75) is 24.8 Å². The van der Waals surface area contributed by atoms with Gasteiger partial charge < -0.3 is 10.3 Å². The second-order valence-corrected chi connectivity index (χ2v) is 5.83. The van der Waals surface area contributed by atoms with E-state index in [-0.39, 0.29) is 0 Å². The van der Waals surface area contributed by atoms with Crippen LogP contribution in [0.1, 0.15) is 23.5 Å². The van der Waals surface area contributed by atoms with Gasteiger partial charge in [-0.05, 0) is 58.9 Å². The van der Waals surface area contributed by atoms with Crippen molar-refractivity contribution in [1.29, 1.82) is 0 Å². The Balaban J connectivity index is 2.01. The smallest absolute Gasteiger partial charge is 0.0864 e. The Morgan fingerprint density at radius 3 is 3.18 bits per heavy atom. The molecular weight excluding hydrogens is 276 g/mol. The number of halogens is 1. The van der Waals surface area contributed by atoms with Crippen LogP contribution in [0.2, 0.25) is 0 Å². The summed E-state index contributed by atoms with van der Waals surface area (Å²) in [6.07, 6.45) is 4.71. The quantitative estimate of drug-likeness (QED) is 0.766. The first-order chi connectivity index (χ1) is 8.34. The highest BCUT2D eigenvalue weighted by atomic mass is 79.9. The molecular formula is C14H14BrN2. The van der Waals surface area contributed by atoms with E-state index in [1.165, 1.54) is 28.5 Å². The van der Waals surface area contributed by atoms with Gasteiger partial charge in [-0.3, -0.25) is 0 Å². The number of rotatable bonds is 0. The maximum absolute atomic E-state index is 3.66. The summed E-state index contributed by atoms with van der Waals surface area (Å²) in [5, 5.41) is 5.09. The predicted molar refractivity (Wildman–Crippen MR) is 73.2 cm³/mol. The lowest BCUT2D eigenvalue weighted by molar-refractivity contribution is 0.389. The number of aromatic amines is 1. The van der Waals surface area contributed by atoms with Crippen LogP contribution in [0.25, 0.3) is 10.9 Å². The molecule has 0 amide bonds. The molecule has 17 heavy (non-hydrogen) atoms. The van der Waals surface area contributed by atoms with E-state index in [0.717, 1.165) is 17.6 Å². The first kappa shape index (κ1) is 10.2. The molecule has 2 atom stereocenters. The molecule has 0 saturated carbocycles. The molecule has 4 rings (SSSR count). The van der Waals surface area contributed by atoms with Crippen molar-refractivity contribution in [2.24, 2.45) is 0 Å². The van der Waals surface area contributed by atoms with E-state index in [4.69, 9.17) is 0 Å². The third-order valence-corrected chi connectivity index (χ3v) is 4.84. The van der Waals surface area contributed by atoms with Crippen molar-refractivity contribution in [2.75, 3.05) is 6.54 Å². The van der Waals surface area contributed by atoms with Crippen LogP contribution in [-0.2, 0) is 6.42 Å². The largest absolute Gasteiger partial charge is 0.349 e. The number of hydrogen-bond donors (Lipinski definition) is 2. The predicted octanol–water partition coefficient (Wildman–Crippen LogP) is 3.14. The van der Waals surface area contributed by atoms with Crippen LogP contribution in [0.3, 0.4) is 0 Å². The molecule has 1 fully saturated rings. The molecule has 0 bridgehead atoms. The molecule has 2 N–H and O–H groups in total. The van der Waals surface area contributed by atoms with Crippen LogP contribution in [0, 0.1) is 6.42 Å². The van der Waals surface area contributed by atoms with Crippen LogP contribution >= 0.6 is 15.9 Å². The zero-order valence-corrected chi connectivity index (χ0v) is 11.0. The lowest BCUT2D eigenvalue weighted by atomic mass is 9.76. The Hall–Kier alpha value is -0.800. The second kappa shape index (κ2) is 3.59. The van der Waals surface area contributed by atoms with Crippen molar-refractivity contribution in [3.05, 3.63) is 40.4 Å². The number of H-pyrrole nitrogens is 1. The van der Waals surface area contributed by atoms with Crippen LogP contribution in [0.4, 0.5) is 0 Å². The molecule has 1 radical (unpaired) electrons. The van der Waals surface area contributed by atoms with E-state index in [0.29, 0.717) is 12.0 Å². The lowest BCUT2D eigenvalue weighted by Gasteiger charge is -2.36. The number of fused-ring (bicyclic) bond motifs is 2. The first-order valence-corrected chi connectivity index (χ1v) is 6.98. The molecule has 1 aliphatic heterocycles. The minimum absolute atomic E-state index is 0.602. The maximum atomic E-state index is 3.66. The van der Waals surface area contributed by atoms with Gasteiger partial charge in [0, 0.05) is 22.9 Å². The summed E-state index contributed by atoms with van der Waals surface area (Å²) in [5.41, 5.74) is 4.23. The highest BCUT2D eigenvalue weighted by molar-refractivity contribution is 9.10. The second-order valence-electron chi connectivity index (χ2n) is 5.04. The van der Waals surface area contributed by atoms with Crippen molar-refractivity contribution < 1.29 is 0 Å². The molecule has 1 aromatic heterocycles. The number of benzene rings is 1. The molecule has 1 aliphatic carbocycles. The molecule has 87 valence electrons. The molecule has 1 unspecified atom stereocenters. The standard InChI is InChI=1S/C14H14BrN2/c15-14-10-7-12-8(4-2-6-16-12)9-3-1-5-11(17-14)13(9)10/h1-3,5,8,12,16-17H,4,6-7H2/t8?,12-/m1/s1. The molecule has 2 nitrogen and oxygen atoms in total. The van der Waals surface area contributed by atoms with E-state index >= 15 is 0 Å².